The molecule has 0 aromatic carbocycles. The van der Waals surface area contributed by atoms with Crippen LogP contribution in [0.25, 0.3) is 0 Å². The van der Waals surface area contributed by atoms with Crippen molar-refractivity contribution in [2.75, 3.05) is 19.3 Å². The minimum Gasteiger partial charge on any atom is -0.370 e. The molecule has 0 bridgehead atoms. The molecule has 0 saturated heterocycles. The van der Waals surface area contributed by atoms with Crippen molar-refractivity contribution >= 4 is 16.7 Å². The highest BCUT2D eigenvalue weighted by Crippen LogP contribution is 1.96. The molecule has 2 atom stereocenters. The summed E-state index contributed by atoms with van der Waals surface area (Å²) in [6.07, 6.45) is 2.93. The summed E-state index contributed by atoms with van der Waals surface area (Å²) < 4.78 is 10.9. The van der Waals surface area contributed by atoms with Gasteiger partial charge in [-0.3, -0.25) is 9.00 Å². The van der Waals surface area contributed by atoms with Gasteiger partial charge in [0.2, 0.25) is 5.91 Å². The van der Waals surface area contributed by atoms with Gasteiger partial charge in [0.25, 0.3) is 0 Å². The van der Waals surface area contributed by atoms with Crippen LogP contribution in [0.4, 0.5) is 0 Å². The summed E-state index contributed by atoms with van der Waals surface area (Å²) in [6, 6.07) is 0. The highest BCUT2D eigenvalue weighted by atomic mass is 32.2. The minimum absolute atomic E-state index is 0.209. The Morgan fingerprint density at radius 3 is 2.62 bits per heavy atom. The number of carbonyl (C=O) groups is 1. The van der Waals surface area contributed by atoms with Crippen molar-refractivity contribution in [2.45, 2.75) is 25.0 Å². The van der Waals surface area contributed by atoms with Crippen molar-refractivity contribution in [1.82, 2.24) is 5.32 Å². The molecule has 0 aliphatic rings. The zero-order valence-corrected chi connectivity index (χ0v) is 9.02. The molecule has 0 aliphatic heterocycles. The predicted octanol–water partition coefficient (Wildman–Crippen LogP) is -0.391. The van der Waals surface area contributed by atoms with E-state index in [2.05, 4.69) is 5.32 Å². The van der Waals surface area contributed by atoms with Crippen molar-refractivity contribution in [3.05, 3.63) is 0 Å². The Bertz CT molecular complexity index is 185. The predicted molar refractivity (Wildman–Crippen MR) is 54.8 cm³/mol. The third-order valence-corrected chi connectivity index (χ3v) is 3.21. The molecule has 0 rings (SSSR count). The van der Waals surface area contributed by atoms with Gasteiger partial charge in [0, 0.05) is 35.3 Å². The fourth-order valence-electron chi connectivity index (χ4n) is 0.808. The number of nitrogens with two attached hydrogens (primary N) is 1. The Balaban J connectivity index is 3.26. The molecule has 0 heterocycles. The van der Waals surface area contributed by atoms with Crippen molar-refractivity contribution in [2.24, 2.45) is 5.73 Å². The van der Waals surface area contributed by atoms with Gasteiger partial charge in [-0.2, -0.15) is 0 Å². The third-order valence-electron chi connectivity index (χ3n) is 1.84. The number of nitrogens with one attached hydrogen (secondary N) is 1. The Morgan fingerprint density at radius 2 is 2.15 bits per heavy atom. The molecule has 4 nitrogen and oxygen atoms in total. The van der Waals surface area contributed by atoms with E-state index in [1.165, 1.54) is 0 Å². The average Bonchev–Trinajstić information content (AvgIpc) is 2.02. The largest absolute Gasteiger partial charge is 0.370 e. The van der Waals surface area contributed by atoms with Gasteiger partial charge in [0.1, 0.15) is 0 Å². The fraction of sp³-hybridized carbons (Fsp3) is 0.875. The van der Waals surface area contributed by atoms with E-state index in [9.17, 15) is 9.00 Å². The number of carbonyl (C=O) groups excluding carboxylic acids is 1. The maximum absolute atomic E-state index is 10.9. The van der Waals surface area contributed by atoms with E-state index in [-0.39, 0.29) is 11.2 Å². The fourth-order valence-corrected chi connectivity index (χ4v) is 1.26. The van der Waals surface area contributed by atoms with Crippen molar-refractivity contribution in [1.29, 1.82) is 0 Å². The van der Waals surface area contributed by atoms with E-state index >= 15 is 0 Å². The number of amides is 1. The van der Waals surface area contributed by atoms with Gasteiger partial charge in [0.15, 0.2) is 0 Å². The zero-order chi connectivity index (χ0) is 10.3. The first-order valence-corrected chi connectivity index (χ1v) is 5.97. The van der Waals surface area contributed by atoms with E-state index in [0.29, 0.717) is 13.0 Å². The normalized spacial score (nSPS) is 15.2. The second-order valence-electron chi connectivity index (χ2n) is 3.06. The van der Waals surface area contributed by atoms with Crippen LogP contribution in [0.2, 0.25) is 0 Å². The van der Waals surface area contributed by atoms with Gasteiger partial charge in [0.05, 0.1) is 0 Å². The van der Waals surface area contributed by atoms with Crippen LogP contribution in [0, 0.1) is 0 Å². The standard InChI is InChI=1S/C8H18N2O2S/c1-7(13(2)12)3-5-10-6-4-8(9)11/h7,10H,3-6H2,1-2H3,(H2,9,11). The van der Waals surface area contributed by atoms with Crippen molar-refractivity contribution < 1.29 is 9.00 Å². The van der Waals surface area contributed by atoms with E-state index in [0.717, 1.165) is 13.0 Å². The Labute approximate surface area is 81.7 Å². The second kappa shape index (κ2) is 7.03. The first-order valence-electron chi connectivity index (χ1n) is 4.35. The lowest BCUT2D eigenvalue weighted by atomic mass is 10.3. The van der Waals surface area contributed by atoms with Crippen LogP contribution in [-0.2, 0) is 15.6 Å². The average molecular weight is 206 g/mol. The Kier molecular flexibility index (Phi) is 6.80. The van der Waals surface area contributed by atoms with Gasteiger partial charge >= 0.3 is 0 Å². The molecule has 2 unspecified atom stereocenters. The molecule has 0 saturated carbocycles. The number of rotatable bonds is 7. The summed E-state index contributed by atoms with van der Waals surface area (Å²) in [4.78, 5) is 10.3. The maximum Gasteiger partial charge on any atom is 0.218 e. The topological polar surface area (TPSA) is 72.2 Å². The van der Waals surface area contributed by atoms with Crippen LogP contribution in [0.1, 0.15) is 19.8 Å². The smallest absolute Gasteiger partial charge is 0.218 e. The first kappa shape index (κ1) is 12.6. The van der Waals surface area contributed by atoms with Crippen LogP contribution < -0.4 is 11.1 Å². The van der Waals surface area contributed by atoms with Crippen LogP contribution in [-0.4, -0.2) is 34.7 Å². The second-order valence-corrected chi connectivity index (χ2v) is 4.87. The molecule has 0 aromatic heterocycles. The number of primary amides is 1. The van der Waals surface area contributed by atoms with Crippen molar-refractivity contribution in [3.8, 4) is 0 Å². The lowest BCUT2D eigenvalue weighted by Crippen LogP contribution is -2.25. The zero-order valence-electron chi connectivity index (χ0n) is 8.21. The van der Waals surface area contributed by atoms with E-state index in [1.807, 2.05) is 6.92 Å². The molecular weight excluding hydrogens is 188 g/mol. The van der Waals surface area contributed by atoms with Gasteiger partial charge in [-0.05, 0) is 13.0 Å². The molecule has 78 valence electrons. The Morgan fingerprint density at radius 1 is 1.54 bits per heavy atom. The molecule has 0 aromatic rings. The SMILES string of the molecule is CC(CCNCCC(N)=O)S(C)=O. The summed E-state index contributed by atoms with van der Waals surface area (Å²) in [5.74, 6) is -0.292. The molecule has 5 heteroatoms. The summed E-state index contributed by atoms with van der Waals surface area (Å²) in [5, 5.41) is 3.28. The highest BCUT2D eigenvalue weighted by Gasteiger charge is 2.04. The molecule has 0 aliphatic carbocycles. The third kappa shape index (κ3) is 7.93. The lowest BCUT2D eigenvalue weighted by Gasteiger charge is -2.08. The van der Waals surface area contributed by atoms with Gasteiger partial charge in [-0.1, -0.05) is 6.92 Å². The first-order chi connectivity index (χ1) is 6.04. The van der Waals surface area contributed by atoms with Gasteiger partial charge in [-0.15, -0.1) is 0 Å². The molecular formula is C8H18N2O2S. The number of hydrogen-bond acceptors (Lipinski definition) is 3. The summed E-state index contributed by atoms with van der Waals surface area (Å²) in [6.45, 7) is 3.35. The van der Waals surface area contributed by atoms with Crippen LogP contribution in [0.15, 0.2) is 0 Å². The van der Waals surface area contributed by atoms with E-state index in [1.54, 1.807) is 6.26 Å². The number of hydrogen-bond donors (Lipinski definition) is 2. The molecule has 0 spiro atoms. The van der Waals surface area contributed by atoms with E-state index in [4.69, 9.17) is 5.73 Å². The monoisotopic (exact) mass is 206 g/mol. The quantitative estimate of drug-likeness (QED) is 0.557. The summed E-state index contributed by atoms with van der Waals surface area (Å²) in [7, 11) is -0.756. The molecule has 3 N–H and O–H groups in total. The molecule has 0 radical (unpaired) electrons. The maximum atomic E-state index is 10.9. The van der Waals surface area contributed by atoms with E-state index < -0.39 is 10.8 Å². The summed E-state index contributed by atoms with van der Waals surface area (Å²) >= 11 is 0. The van der Waals surface area contributed by atoms with Crippen molar-refractivity contribution in [3.63, 3.8) is 0 Å². The molecule has 1 amide bonds. The van der Waals surface area contributed by atoms with Crippen LogP contribution in [0.3, 0.4) is 0 Å². The lowest BCUT2D eigenvalue weighted by molar-refractivity contribution is -0.117. The summed E-state index contributed by atoms with van der Waals surface area (Å²) in [5.41, 5.74) is 4.96. The molecule has 0 fully saturated rings. The highest BCUT2D eigenvalue weighted by molar-refractivity contribution is 7.84. The van der Waals surface area contributed by atoms with Crippen LogP contribution >= 0.6 is 0 Å². The van der Waals surface area contributed by atoms with Gasteiger partial charge < -0.3 is 11.1 Å². The van der Waals surface area contributed by atoms with Gasteiger partial charge in [-0.25, -0.2) is 0 Å². The van der Waals surface area contributed by atoms with Crippen LogP contribution in [0.5, 0.6) is 0 Å². The minimum atomic E-state index is -0.756. The Hall–Kier alpha value is -0.420. The molecule has 13 heavy (non-hydrogen) atoms.